The lowest BCUT2D eigenvalue weighted by molar-refractivity contribution is 0.564. The molecular weight excluding hydrogens is 271 g/mol. The van der Waals surface area contributed by atoms with Crippen molar-refractivity contribution in [1.29, 1.82) is 0 Å². The van der Waals surface area contributed by atoms with Crippen molar-refractivity contribution >= 4 is 10.2 Å². The molecule has 0 fully saturated rings. The molecule has 1 atom stereocenters. The van der Waals surface area contributed by atoms with Crippen LogP contribution in [0.2, 0.25) is 0 Å². The van der Waals surface area contributed by atoms with Crippen LogP contribution in [0.15, 0.2) is 36.7 Å². The maximum absolute atomic E-state index is 12.9. The van der Waals surface area contributed by atoms with Crippen LogP contribution in [0.25, 0.3) is 0 Å². The van der Waals surface area contributed by atoms with Crippen molar-refractivity contribution in [1.82, 2.24) is 14.3 Å². The van der Waals surface area contributed by atoms with Crippen LogP contribution in [-0.2, 0) is 17.3 Å². The summed E-state index contributed by atoms with van der Waals surface area (Å²) in [5.74, 6) is 0.0542. The zero-order valence-electron chi connectivity index (χ0n) is 10.1. The molecule has 0 saturated heterocycles. The van der Waals surface area contributed by atoms with Crippen molar-refractivity contribution in [2.75, 3.05) is 0 Å². The smallest absolute Gasteiger partial charge is 0.275 e. The number of nitrogens with zero attached hydrogens (tertiary/aromatic N) is 2. The first kappa shape index (κ1) is 13.7. The number of rotatable bonds is 4. The number of imidazole rings is 1. The molecule has 0 spiro atoms. The summed E-state index contributed by atoms with van der Waals surface area (Å²) in [5, 5.41) is 5.01. The second kappa shape index (κ2) is 5.08. The van der Waals surface area contributed by atoms with Crippen molar-refractivity contribution in [2.45, 2.75) is 6.04 Å². The van der Waals surface area contributed by atoms with Crippen LogP contribution in [0.3, 0.4) is 0 Å². The number of halogens is 1. The van der Waals surface area contributed by atoms with Crippen molar-refractivity contribution in [3.8, 4) is 0 Å². The molecule has 19 heavy (non-hydrogen) atoms. The summed E-state index contributed by atoms with van der Waals surface area (Å²) in [6.45, 7) is 0. The zero-order valence-corrected chi connectivity index (χ0v) is 10.9. The van der Waals surface area contributed by atoms with E-state index in [1.807, 2.05) is 0 Å². The van der Waals surface area contributed by atoms with Gasteiger partial charge >= 0.3 is 0 Å². The minimum Gasteiger partial charge on any atom is -0.336 e. The van der Waals surface area contributed by atoms with Gasteiger partial charge in [-0.25, -0.2) is 14.5 Å². The molecule has 1 aromatic carbocycles. The van der Waals surface area contributed by atoms with Gasteiger partial charge in [0.1, 0.15) is 17.7 Å². The lowest BCUT2D eigenvalue weighted by Crippen LogP contribution is -2.36. The van der Waals surface area contributed by atoms with Crippen LogP contribution in [-0.4, -0.2) is 18.0 Å². The molecule has 0 aliphatic heterocycles. The average Bonchev–Trinajstić information content (AvgIpc) is 2.72. The van der Waals surface area contributed by atoms with Crippen LogP contribution < -0.4 is 9.86 Å². The van der Waals surface area contributed by atoms with Crippen LogP contribution >= 0.6 is 0 Å². The van der Waals surface area contributed by atoms with Crippen LogP contribution in [0.4, 0.5) is 4.39 Å². The first-order chi connectivity index (χ1) is 8.87. The lowest BCUT2D eigenvalue weighted by Gasteiger charge is -2.17. The predicted octanol–water partition coefficient (Wildman–Crippen LogP) is 0.442. The summed E-state index contributed by atoms with van der Waals surface area (Å²) in [6, 6.07) is 4.68. The SMILES string of the molecule is Cn1ccnc1[C@@H](NS(N)(=O)=O)c1ccc(F)cc1. The Kier molecular flexibility index (Phi) is 3.65. The van der Waals surface area contributed by atoms with Gasteiger partial charge in [0, 0.05) is 19.4 Å². The summed E-state index contributed by atoms with van der Waals surface area (Å²) in [4.78, 5) is 4.09. The van der Waals surface area contributed by atoms with Gasteiger partial charge in [0.15, 0.2) is 0 Å². The maximum atomic E-state index is 12.9. The standard InChI is InChI=1S/C11H13FN4O2S/c1-16-7-6-14-11(16)10(15-19(13,17)18)8-2-4-9(12)5-3-8/h2-7,10,15H,1H3,(H2,13,17,18)/t10-/m0/s1. The number of nitrogens with two attached hydrogens (primary N) is 1. The van der Waals surface area contributed by atoms with Gasteiger partial charge in [-0.1, -0.05) is 12.1 Å². The van der Waals surface area contributed by atoms with Gasteiger partial charge in [-0.15, -0.1) is 0 Å². The Morgan fingerprint density at radius 1 is 1.37 bits per heavy atom. The first-order valence-corrected chi connectivity index (χ1v) is 6.94. The highest BCUT2D eigenvalue weighted by Gasteiger charge is 2.22. The van der Waals surface area contributed by atoms with Gasteiger partial charge in [0.2, 0.25) is 0 Å². The van der Waals surface area contributed by atoms with E-state index in [0.29, 0.717) is 11.4 Å². The maximum Gasteiger partial charge on any atom is 0.275 e. The highest BCUT2D eigenvalue weighted by atomic mass is 32.2. The fraction of sp³-hybridized carbons (Fsp3) is 0.182. The number of hydrogen-bond donors (Lipinski definition) is 2. The Balaban J connectivity index is 2.46. The normalized spacial score (nSPS) is 13.4. The highest BCUT2D eigenvalue weighted by Crippen LogP contribution is 2.21. The summed E-state index contributed by atoms with van der Waals surface area (Å²) in [5.41, 5.74) is 0.546. The molecule has 6 nitrogen and oxygen atoms in total. The monoisotopic (exact) mass is 284 g/mol. The molecular formula is C11H13FN4O2S. The molecule has 0 aliphatic carbocycles. The van der Waals surface area contributed by atoms with Gasteiger partial charge in [-0.05, 0) is 17.7 Å². The second-order valence-corrected chi connectivity index (χ2v) is 5.37. The van der Waals surface area contributed by atoms with E-state index in [1.165, 1.54) is 30.5 Å². The Labute approximate surface area is 110 Å². The molecule has 1 aromatic heterocycles. The third-order valence-corrected chi connectivity index (χ3v) is 3.17. The molecule has 0 radical (unpaired) electrons. The zero-order chi connectivity index (χ0) is 14.0. The fourth-order valence-corrected chi connectivity index (χ4v) is 2.31. The van der Waals surface area contributed by atoms with Gasteiger partial charge < -0.3 is 4.57 Å². The van der Waals surface area contributed by atoms with Gasteiger partial charge in [-0.3, -0.25) is 0 Å². The summed E-state index contributed by atoms with van der Waals surface area (Å²) in [7, 11) is -2.20. The Morgan fingerprint density at radius 3 is 2.47 bits per heavy atom. The van der Waals surface area contributed by atoms with E-state index < -0.39 is 22.1 Å². The second-order valence-electron chi connectivity index (χ2n) is 4.04. The molecule has 0 aliphatic rings. The van der Waals surface area contributed by atoms with Gasteiger partial charge in [0.25, 0.3) is 10.2 Å². The van der Waals surface area contributed by atoms with Crippen LogP contribution in [0.5, 0.6) is 0 Å². The van der Waals surface area contributed by atoms with E-state index in [0.717, 1.165) is 0 Å². The van der Waals surface area contributed by atoms with Crippen LogP contribution in [0, 0.1) is 5.82 Å². The fourth-order valence-electron chi connectivity index (χ4n) is 1.74. The molecule has 0 unspecified atom stereocenters. The highest BCUT2D eigenvalue weighted by molar-refractivity contribution is 7.87. The average molecular weight is 284 g/mol. The first-order valence-electron chi connectivity index (χ1n) is 5.39. The van der Waals surface area contributed by atoms with E-state index in [4.69, 9.17) is 5.14 Å². The van der Waals surface area contributed by atoms with E-state index in [1.54, 1.807) is 17.8 Å². The van der Waals surface area contributed by atoms with Crippen molar-refractivity contribution in [2.24, 2.45) is 12.2 Å². The third kappa shape index (κ3) is 3.37. The van der Waals surface area contributed by atoms with Gasteiger partial charge in [-0.2, -0.15) is 13.1 Å². The molecule has 0 saturated carbocycles. The molecule has 2 aromatic rings. The van der Waals surface area contributed by atoms with Crippen molar-refractivity contribution < 1.29 is 12.8 Å². The number of benzene rings is 1. The third-order valence-electron chi connectivity index (χ3n) is 2.60. The van der Waals surface area contributed by atoms with Gasteiger partial charge in [0.05, 0.1) is 0 Å². The number of hydrogen-bond acceptors (Lipinski definition) is 3. The van der Waals surface area contributed by atoms with Crippen molar-refractivity contribution in [3.05, 3.63) is 53.9 Å². The molecule has 0 amide bonds. The quantitative estimate of drug-likeness (QED) is 0.853. The summed E-state index contributed by atoms with van der Waals surface area (Å²) >= 11 is 0. The number of aromatic nitrogens is 2. The summed E-state index contributed by atoms with van der Waals surface area (Å²) in [6.07, 6.45) is 3.22. The van der Waals surface area contributed by atoms with E-state index in [2.05, 4.69) is 9.71 Å². The largest absolute Gasteiger partial charge is 0.336 e. The Morgan fingerprint density at radius 2 is 2.00 bits per heavy atom. The molecule has 8 heteroatoms. The minimum atomic E-state index is -3.92. The minimum absolute atomic E-state index is 0.405. The lowest BCUT2D eigenvalue weighted by atomic mass is 10.1. The van der Waals surface area contributed by atoms with E-state index in [-0.39, 0.29) is 0 Å². The molecule has 0 bridgehead atoms. The number of nitrogens with one attached hydrogen (secondary N) is 1. The molecule has 3 N–H and O–H groups in total. The van der Waals surface area contributed by atoms with Crippen LogP contribution in [0.1, 0.15) is 17.4 Å². The van der Waals surface area contributed by atoms with E-state index in [9.17, 15) is 12.8 Å². The molecule has 102 valence electrons. The topological polar surface area (TPSA) is 90.0 Å². The summed E-state index contributed by atoms with van der Waals surface area (Å²) < 4.78 is 39.4. The van der Waals surface area contributed by atoms with E-state index >= 15 is 0 Å². The predicted molar refractivity (Wildman–Crippen MR) is 67.7 cm³/mol. The Hall–Kier alpha value is -1.77. The molecule has 1 heterocycles. The molecule has 2 rings (SSSR count). The number of aryl methyl sites for hydroxylation is 1. The Bertz CT molecular complexity index is 666. The van der Waals surface area contributed by atoms with Crippen molar-refractivity contribution in [3.63, 3.8) is 0 Å².